The topological polar surface area (TPSA) is 72.0 Å². The number of nitrogens with zero attached hydrogens (tertiary/aromatic N) is 1. The van der Waals surface area contributed by atoms with Crippen LogP contribution in [0.15, 0.2) is 36.4 Å². The Balaban J connectivity index is 2.15. The zero-order valence-electron chi connectivity index (χ0n) is 12.5. The van der Waals surface area contributed by atoms with Crippen molar-refractivity contribution in [2.75, 3.05) is 6.61 Å². The van der Waals surface area contributed by atoms with E-state index in [1.54, 1.807) is 0 Å². The van der Waals surface area contributed by atoms with Gasteiger partial charge in [-0.05, 0) is 49.7 Å². The van der Waals surface area contributed by atoms with Crippen molar-refractivity contribution in [2.45, 2.75) is 26.7 Å². The minimum Gasteiger partial charge on any atom is -0.494 e. The Bertz CT molecular complexity index is 620. The van der Waals surface area contributed by atoms with Crippen LogP contribution in [0, 0.1) is 12.3 Å². The predicted molar refractivity (Wildman–Crippen MR) is 85.8 cm³/mol. The first-order chi connectivity index (χ1) is 10.1. The van der Waals surface area contributed by atoms with E-state index in [2.05, 4.69) is 11.9 Å². The Hall–Kier alpha value is -2.36. The molecule has 0 aliphatic carbocycles. The third kappa shape index (κ3) is 3.81. The first-order valence-electron chi connectivity index (χ1n) is 7.17. The molecule has 3 N–H and O–H groups in total. The summed E-state index contributed by atoms with van der Waals surface area (Å²) < 4.78 is 5.65. The fourth-order valence-electron chi connectivity index (χ4n) is 2.06. The SMILES string of the molecule is CCCCOc1ccc(-c2ccc(C(=N)N)c(C)n2)cc1. The minimum absolute atomic E-state index is 0.0474. The van der Waals surface area contributed by atoms with E-state index >= 15 is 0 Å². The number of benzene rings is 1. The zero-order chi connectivity index (χ0) is 15.2. The molecule has 0 amide bonds. The number of nitrogen functional groups attached to an aromatic ring is 1. The molecule has 2 rings (SSSR count). The number of nitrogens with two attached hydrogens (primary N) is 1. The highest BCUT2D eigenvalue weighted by Crippen LogP contribution is 2.22. The Morgan fingerprint density at radius 3 is 2.48 bits per heavy atom. The van der Waals surface area contributed by atoms with Gasteiger partial charge in [-0.3, -0.25) is 10.4 Å². The summed E-state index contributed by atoms with van der Waals surface area (Å²) in [7, 11) is 0. The molecule has 110 valence electrons. The number of amidine groups is 1. The normalized spacial score (nSPS) is 10.4. The summed E-state index contributed by atoms with van der Waals surface area (Å²) in [5.41, 5.74) is 8.85. The van der Waals surface area contributed by atoms with Crippen molar-refractivity contribution in [2.24, 2.45) is 5.73 Å². The number of hydrogen-bond donors (Lipinski definition) is 2. The fourth-order valence-corrected chi connectivity index (χ4v) is 2.06. The molecular formula is C17H21N3O. The number of hydrogen-bond acceptors (Lipinski definition) is 3. The zero-order valence-corrected chi connectivity index (χ0v) is 12.5. The van der Waals surface area contributed by atoms with Gasteiger partial charge in [-0.15, -0.1) is 0 Å². The molecule has 0 aliphatic heterocycles. The molecule has 1 aromatic heterocycles. The Morgan fingerprint density at radius 1 is 1.19 bits per heavy atom. The summed E-state index contributed by atoms with van der Waals surface area (Å²) in [6.07, 6.45) is 2.19. The van der Waals surface area contributed by atoms with Crippen molar-refractivity contribution in [3.8, 4) is 17.0 Å². The standard InChI is InChI=1S/C17H21N3O/c1-3-4-11-21-14-7-5-13(6-8-14)16-10-9-15(17(18)19)12(2)20-16/h5-10H,3-4,11H2,1-2H3,(H3,18,19). The lowest BCUT2D eigenvalue weighted by molar-refractivity contribution is 0.309. The second kappa shape index (κ2) is 6.88. The summed E-state index contributed by atoms with van der Waals surface area (Å²) in [5, 5.41) is 7.48. The largest absolute Gasteiger partial charge is 0.494 e. The highest BCUT2D eigenvalue weighted by Gasteiger charge is 2.06. The Labute approximate surface area is 125 Å². The lowest BCUT2D eigenvalue weighted by atomic mass is 10.1. The first kappa shape index (κ1) is 15.0. The van der Waals surface area contributed by atoms with Crippen molar-refractivity contribution in [1.29, 1.82) is 5.41 Å². The van der Waals surface area contributed by atoms with E-state index in [9.17, 15) is 0 Å². The van der Waals surface area contributed by atoms with Gasteiger partial charge in [0.15, 0.2) is 0 Å². The van der Waals surface area contributed by atoms with Crippen molar-refractivity contribution in [3.05, 3.63) is 47.7 Å². The maximum Gasteiger partial charge on any atom is 0.124 e. The third-order valence-electron chi connectivity index (χ3n) is 3.29. The van der Waals surface area contributed by atoms with Gasteiger partial charge in [-0.2, -0.15) is 0 Å². The highest BCUT2D eigenvalue weighted by molar-refractivity contribution is 5.96. The van der Waals surface area contributed by atoms with Gasteiger partial charge in [-0.1, -0.05) is 13.3 Å². The van der Waals surface area contributed by atoms with E-state index in [0.29, 0.717) is 5.56 Å². The van der Waals surface area contributed by atoms with Crippen LogP contribution in [0.3, 0.4) is 0 Å². The summed E-state index contributed by atoms with van der Waals surface area (Å²) in [6.45, 7) is 4.76. The number of pyridine rings is 1. The van der Waals surface area contributed by atoms with Crippen LogP contribution in [0.5, 0.6) is 5.75 Å². The number of aryl methyl sites for hydroxylation is 1. The van der Waals surface area contributed by atoms with Crippen LogP contribution >= 0.6 is 0 Å². The molecule has 1 aromatic carbocycles. The van der Waals surface area contributed by atoms with Gasteiger partial charge in [-0.25, -0.2) is 0 Å². The van der Waals surface area contributed by atoms with Crippen LogP contribution in [0.4, 0.5) is 0 Å². The molecule has 2 aromatic rings. The lowest BCUT2D eigenvalue weighted by Gasteiger charge is -2.08. The van der Waals surface area contributed by atoms with Crippen molar-refractivity contribution < 1.29 is 4.74 Å². The molecule has 4 heteroatoms. The van der Waals surface area contributed by atoms with Gasteiger partial charge < -0.3 is 10.5 Å². The third-order valence-corrected chi connectivity index (χ3v) is 3.29. The molecule has 0 aliphatic rings. The molecule has 0 spiro atoms. The Morgan fingerprint density at radius 2 is 1.90 bits per heavy atom. The molecule has 21 heavy (non-hydrogen) atoms. The molecule has 0 atom stereocenters. The number of nitrogens with one attached hydrogen (secondary N) is 1. The Kier molecular flexibility index (Phi) is 4.93. The van der Waals surface area contributed by atoms with E-state index < -0.39 is 0 Å². The van der Waals surface area contributed by atoms with Crippen molar-refractivity contribution in [1.82, 2.24) is 4.98 Å². The second-order valence-corrected chi connectivity index (χ2v) is 4.97. The molecular weight excluding hydrogens is 262 g/mol. The van der Waals surface area contributed by atoms with Gasteiger partial charge in [0.1, 0.15) is 11.6 Å². The quantitative estimate of drug-likeness (QED) is 0.484. The van der Waals surface area contributed by atoms with Crippen LogP contribution in [0.25, 0.3) is 11.3 Å². The van der Waals surface area contributed by atoms with E-state index in [4.69, 9.17) is 15.9 Å². The molecule has 0 saturated carbocycles. The number of aromatic nitrogens is 1. The van der Waals surface area contributed by atoms with Crippen molar-refractivity contribution in [3.63, 3.8) is 0 Å². The summed E-state index contributed by atoms with van der Waals surface area (Å²) in [6, 6.07) is 11.6. The monoisotopic (exact) mass is 283 g/mol. The molecule has 0 unspecified atom stereocenters. The maximum absolute atomic E-state index is 7.48. The van der Waals surface area contributed by atoms with E-state index in [-0.39, 0.29) is 5.84 Å². The van der Waals surface area contributed by atoms with Crippen LogP contribution in [-0.4, -0.2) is 17.4 Å². The summed E-state index contributed by atoms with van der Waals surface area (Å²) >= 11 is 0. The van der Waals surface area contributed by atoms with Gasteiger partial charge >= 0.3 is 0 Å². The highest BCUT2D eigenvalue weighted by atomic mass is 16.5. The maximum atomic E-state index is 7.48. The van der Waals surface area contributed by atoms with Crippen LogP contribution in [0.1, 0.15) is 31.0 Å². The smallest absolute Gasteiger partial charge is 0.124 e. The van der Waals surface area contributed by atoms with Gasteiger partial charge in [0, 0.05) is 16.8 Å². The average molecular weight is 283 g/mol. The lowest BCUT2D eigenvalue weighted by Crippen LogP contribution is -2.13. The first-order valence-corrected chi connectivity index (χ1v) is 7.17. The van der Waals surface area contributed by atoms with Gasteiger partial charge in [0.2, 0.25) is 0 Å². The predicted octanol–water partition coefficient (Wildman–Crippen LogP) is 3.52. The fraction of sp³-hybridized carbons (Fsp3) is 0.294. The summed E-state index contributed by atoms with van der Waals surface area (Å²) in [4.78, 5) is 4.51. The second-order valence-electron chi connectivity index (χ2n) is 4.97. The van der Waals surface area contributed by atoms with E-state index in [1.807, 2.05) is 43.3 Å². The molecule has 0 saturated heterocycles. The summed E-state index contributed by atoms with van der Waals surface area (Å²) in [5.74, 6) is 0.926. The van der Waals surface area contributed by atoms with Gasteiger partial charge in [0.05, 0.1) is 12.3 Å². The average Bonchev–Trinajstić information content (AvgIpc) is 2.48. The van der Waals surface area contributed by atoms with Crippen LogP contribution in [-0.2, 0) is 0 Å². The molecule has 0 fully saturated rings. The van der Waals surface area contributed by atoms with Gasteiger partial charge in [0.25, 0.3) is 0 Å². The molecule has 1 heterocycles. The molecule has 4 nitrogen and oxygen atoms in total. The molecule has 0 bridgehead atoms. The van der Waals surface area contributed by atoms with Crippen LogP contribution in [0.2, 0.25) is 0 Å². The van der Waals surface area contributed by atoms with Crippen molar-refractivity contribution >= 4 is 5.84 Å². The number of ether oxygens (including phenoxy) is 1. The minimum atomic E-state index is 0.0474. The van der Waals surface area contributed by atoms with E-state index in [1.165, 1.54) is 0 Å². The molecule has 0 radical (unpaired) electrons. The number of unbranched alkanes of at least 4 members (excludes halogenated alkanes) is 1. The number of rotatable bonds is 6. The van der Waals surface area contributed by atoms with E-state index in [0.717, 1.165) is 42.1 Å². The van der Waals surface area contributed by atoms with Crippen LogP contribution < -0.4 is 10.5 Å².